The Morgan fingerprint density at radius 1 is 1.23 bits per heavy atom. The van der Waals surface area contributed by atoms with Crippen molar-refractivity contribution in [1.82, 2.24) is 20.5 Å². The largest absolute Gasteiger partial charge is 0.416 e. The molecule has 0 spiro atoms. The number of nitrogens with one attached hydrogen (secondary N) is 3. The molecule has 0 saturated carbocycles. The lowest BCUT2D eigenvalue weighted by atomic mass is 9.68. The second kappa shape index (κ2) is 10.7. The van der Waals surface area contributed by atoms with Gasteiger partial charge in [-0.25, -0.2) is 0 Å². The lowest BCUT2D eigenvalue weighted by Crippen LogP contribution is -2.50. The molecule has 4 aliphatic rings. The number of likely N-dealkylation sites (tertiary alicyclic amines) is 1. The summed E-state index contributed by atoms with van der Waals surface area (Å²) in [4.78, 5) is 19.4. The number of aromatic amines is 1. The number of hydrogen-bond donors (Lipinski definition) is 3. The van der Waals surface area contributed by atoms with Crippen LogP contribution >= 0.6 is 0 Å². The number of ether oxygens (including phenoxy) is 1. The molecule has 9 heteroatoms. The monoisotopic (exact) mass is 546 g/mol. The quantitative estimate of drug-likeness (QED) is 0.485. The highest BCUT2D eigenvalue weighted by molar-refractivity contribution is 5.86. The Kier molecular flexibility index (Phi) is 7.44. The number of H-pyrrole nitrogens is 1. The Bertz CT molecular complexity index is 1180. The van der Waals surface area contributed by atoms with Crippen molar-refractivity contribution < 1.29 is 22.7 Å². The predicted molar refractivity (Wildman–Crippen MR) is 145 cm³/mol. The summed E-state index contributed by atoms with van der Waals surface area (Å²) in [5, 5.41) is 7.44. The van der Waals surface area contributed by atoms with Gasteiger partial charge in [-0.05, 0) is 106 Å². The fraction of sp³-hybridized carbons (Fsp3) is 0.700. The van der Waals surface area contributed by atoms with Crippen LogP contribution in [0.5, 0.6) is 0 Å². The van der Waals surface area contributed by atoms with Crippen LogP contribution in [0.3, 0.4) is 0 Å². The van der Waals surface area contributed by atoms with Gasteiger partial charge < -0.3 is 25.3 Å². The number of nitrogens with zero attached hydrogens (tertiary/aromatic N) is 1. The Hall–Kier alpha value is -2.10. The third-order valence-corrected chi connectivity index (χ3v) is 10.2. The number of aromatic nitrogens is 1. The van der Waals surface area contributed by atoms with Crippen molar-refractivity contribution >= 4 is 16.8 Å². The van der Waals surface area contributed by atoms with Crippen LogP contribution in [0.15, 0.2) is 18.2 Å². The zero-order valence-electron chi connectivity index (χ0n) is 22.8. The van der Waals surface area contributed by atoms with Gasteiger partial charge in [0.2, 0.25) is 5.91 Å². The molecule has 3 saturated heterocycles. The number of fused-ring (bicyclic) bond motifs is 4. The highest BCUT2D eigenvalue weighted by atomic mass is 19.4. The van der Waals surface area contributed by atoms with Gasteiger partial charge in [0.1, 0.15) is 0 Å². The standard InChI is InChI=1S/C30H41F3N4O2/c1-19-24-18-37(12-7-29(8-13-39-14-9-29)28(38)35-17-22-3-2-10-34-22)11-6-20(24)15-26-27(19)23-16-21(30(31,32)33)4-5-25(23)36-26/h4-5,16,19-20,22,24,34,36H,2-3,6-15,17-18H2,1H3,(H,35,38)/t19-,20-,22-,24-/m1/s1. The highest BCUT2D eigenvalue weighted by Crippen LogP contribution is 2.47. The number of rotatable bonds is 6. The molecule has 6 rings (SSSR count). The molecule has 1 amide bonds. The van der Waals surface area contributed by atoms with E-state index in [1.165, 1.54) is 18.6 Å². The van der Waals surface area contributed by atoms with E-state index in [1.807, 2.05) is 0 Å². The first kappa shape index (κ1) is 27.1. The van der Waals surface area contributed by atoms with E-state index in [0.29, 0.717) is 37.6 Å². The number of alkyl halides is 3. The molecule has 1 aromatic carbocycles. The molecular weight excluding hydrogens is 505 g/mol. The van der Waals surface area contributed by atoms with Crippen LogP contribution in [0.4, 0.5) is 13.2 Å². The number of benzene rings is 1. The SMILES string of the molecule is C[C@H]1c2c([nH]c3ccc(C(F)(F)F)cc23)C[C@H]2CCN(CCC3(C(=O)NC[C@H]4CCCN4)CCOCC3)C[C@@H]21. The van der Waals surface area contributed by atoms with Gasteiger partial charge in [0.15, 0.2) is 0 Å². The lowest BCUT2D eigenvalue weighted by molar-refractivity contribution is -0.138. The minimum absolute atomic E-state index is 0.171. The van der Waals surface area contributed by atoms with Crippen LogP contribution in [0.25, 0.3) is 10.9 Å². The number of carbonyl (C=O) groups excluding carboxylic acids is 1. The number of amides is 1. The third kappa shape index (κ3) is 5.34. The average Bonchev–Trinajstić information content (AvgIpc) is 3.58. The summed E-state index contributed by atoms with van der Waals surface area (Å²) in [5.74, 6) is 1.27. The Balaban J connectivity index is 1.14. The summed E-state index contributed by atoms with van der Waals surface area (Å²) in [6.07, 6.45) is 2.24. The van der Waals surface area contributed by atoms with Gasteiger partial charge in [0, 0.05) is 48.9 Å². The zero-order chi connectivity index (χ0) is 27.2. The number of piperidine rings is 1. The van der Waals surface area contributed by atoms with Crippen molar-refractivity contribution in [1.29, 1.82) is 0 Å². The van der Waals surface area contributed by atoms with Gasteiger partial charge in [0.25, 0.3) is 0 Å². The Labute approximate surface area is 228 Å². The van der Waals surface area contributed by atoms with Crippen molar-refractivity contribution in [2.75, 3.05) is 45.9 Å². The van der Waals surface area contributed by atoms with E-state index in [-0.39, 0.29) is 17.2 Å². The van der Waals surface area contributed by atoms with Crippen molar-refractivity contribution in [3.63, 3.8) is 0 Å². The number of hydrogen-bond acceptors (Lipinski definition) is 4. The normalized spacial score (nSPS) is 29.2. The molecule has 0 unspecified atom stereocenters. The average molecular weight is 547 g/mol. The fourth-order valence-corrected chi connectivity index (χ4v) is 7.79. The first-order chi connectivity index (χ1) is 18.7. The zero-order valence-corrected chi connectivity index (χ0v) is 22.8. The summed E-state index contributed by atoms with van der Waals surface area (Å²) >= 11 is 0. The summed E-state index contributed by atoms with van der Waals surface area (Å²) in [5.41, 5.74) is 2.01. The van der Waals surface area contributed by atoms with Crippen LogP contribution in [0.1, 0.15) is 68.2 Å². The van der Waals surface area contributed by atoms with E-state index in [2.05, 4.69) is 27.4 Å². The third-order valence-electron chi connectivity index (χ3n) is 10.2. The predicted octanol–water partition coefficient (Wildman–Crippen LogP) is 4.84. The smallest absolute Gasteiger partial charge is 0.381 e. The van der Waals surface area contributed by atoms with Crippen molar-refractivity contribution in [2.45, 2.75) is 70.0 Å². The molecule has 0 bridgehead atoms. The molecule has 0 radical (unpaired) electrons. The number of carbonyl (C=O) groups is 1. The van der Waals surface area contributed by atoms with E-state index in [9.17, 15) is 18.0 Å². The molecule has 2 aromatic rings. The second-order valence-electron chi connectivity index (χ2n) is 12.4. The van der Waals surface area contributed by atoms with Crippen molar-refractivity contribution in [3.05, 3.63) is 35.0 Å². The van der Waals surface area contributed by atoms with Gasteiger partial charge in [0.05, 0.1) is 11.0 Å². The minimum Gasteiger partial charge on any atom is -0.381 e. The molecule has 1 aromatic heterocycles. The summed E-state index contributed by atoms with van der Waals surface area (Å²) in [7, 11) is 0. The maximum atomic E-state index is 13.5. The fourth-order valence-electron chi connectivity index (χ4n) is 7.79. The van der Waals surface area contributed by atoms with Crippen LogP contribution in [0.2, 0.25) is 0 Å². The van der Waals surface area contributed by atoms with Crippen LogP contribution in [-0.4, -0.2) is 67.8 Å². The lowest BCUT2D eigenvalue weighted by Gasteiger charge is -2.45. The van der Waals surface area contributed by atoms with Crippen LogP contribution in [0, 0.1) is 17.3 Å². The second-order valence-corrected chi connectivity index (χ2v) is 12.4. The van der Waals surface area contributed by atoms with E-state index in [0.717, 1.165) is 86.9 Å². The van der Waals surface area contributed by atoms with Crippen molar-refractivity contribution in [2.24, 2.45) is 17.3 Å². The van der Waals surface area contributed by atoms with Crippen molar-refractivity contribution in [3.8, 4) is 0 Å². The summed E-state index contributed by atoms with van der Waals surface area (Å²) in [6.45, 7) is 7.95. The molecule has 3 N–H and O–H groups in total. The van der Waals surface area contributed by atoms with E-state index >= 15 is 0 Å². The van der Waals surface area contributed by atoms with E-state index in [1.54, 1.807) is 6.07 Å². The first-order valence-corrected chi connectivity index (χ1v) is 14.8. The topological polar surface area (TPSA) is 69.4 Å². The molecule has 1 aliphatic carbocycles. The van der Waals surface area contributed by atoms with Gasteiger partial charge in [-0.3, -0.25) is 4.79 Å². The molecule has 4 atom stereocenters. The maximum Gasteiger partial charge on any atom is 0.416 e. The highest BCUT2D eigenvalue weighted by Gasteiger charge is 2.43. The summed E-state index contributed by atoms with van der Waals surface area (Å²) < 4.78 is 46.0. The molecular formula is C30H41F3N4O2. The van der Waals surface area contributed by atoms with E-state index < -0.39 is 11.7 Å². The molecule has 3 fully saturated rings. The van der Waals surface area contributed by atoms with Crippen LogP contribution < -0.4 is 10.6 Å². The van der Waals surface area contributed by atoms with E-state index in [4.69, 9.17) is 4.74 Å². The molecule has 214 valence electrons. The summed E-state index contributed by atoms with van der Waals surface area (Å²) in [6, 6.07) is 4.46. The maximum absolute atomic E-state index is 13.5. The van der Waals surface area contributed by atoms with Gasteiger partial charge >= 0.3 is 6.18 Å². The van der Waals surface area contributed by atoms with Crippen LogP contribution in [-0.2, 0) is 22.1 Å². The molecule has 3 aliphatic heterocycles. The Morgan fingerprint density at radius 3 is 2.79 bits per heavy atom. The first-order valence-electron chi connectivity index (χ1n) is 14.8. The number of halogens is 3. The van der Waals surface area contributed by atoms with Gasteiger partial charge in [-0.2, -0.15) is 13.2 Å². The minimum atomic E-state index is -4.35. The van der Waals surface area contributed by atoms with Gasteiger partial charge in [-0.15, -0.1) is 0 Å². The molecule has 6 nitrogen and oxygen atoms in total. The van der Waals surface area contributed by atoms with Gasteiger partial charge in [-0.1, -0.05) is 6.92 Å². The Morgan fingerprint density at radius 2 is 2.05 bits per heavy atom. The molecule has 4 heterocycles. The molecule has 39 heavy (non-hydrogen) atoms.